The van der Waals surface area contributed by atoms with Crippen LogP contribution in [0.2, 0.25) is 0 Å². The summed E-state index contributed by atoms with van der Waals surface area (Å²) in [6.45, 7) is 4.92. The van der Waals surface area contributed by atoms with Gasteiger partial charge < -0.3 is 20.3 Å². The average molecular weight is 945 g/mol. The van der Waals surface area contributed by atoms with Crippen molar-refractivity contribution in [1.82, 2.24) is 5.32 Å². The number of hydrogen-bond donors (Lipinski definition) is 3. The Balaban J connectivity index is 3.38. The molecule has 0 bridgehead atoms. The van der Waals surface area contributed by atoms with E-state index in [0.717, 1.165) is 44.9 Å². The van der Waals surface area contributed by atoms with E-state index in [1.165, 1.54) is 250 Å². The van der Waals surface area contributed by atoms with Gasteiger partial charge in [-0.15, -0.1) is 0 Å². The first-order valence-electron chi connectivity index (χ1n) is 30.1. The van der Waals surface area contributed by atoms with Crippen LogP contribution in [-0.2, 0) is 14.3 Å². The first-order valence-corrected chi connectivity index (χ1v) is 30.1. The van der Waals surface area contributed by atoms with Gasteiger partial charge in [-0.3, -0.25) is 9.59 Å². The lowest BCUT2D eigenvalue weighted by atomic mass is 10.0. The molecule has 0 rings (SSSR count). The molecular weight excluding hydrogens is 827 g/mol. The van der Waals surface area contributed by atoms with E-state index in [0.29, 0.717) is 25.9 Å². The van der Waals surface area contributed by atoms with Crippen LogP contribution in [0.15, 0.2) is 24.3 Å². The van der Waals surface area contributed by atoms with Gasteiger partial charge in [-0.25, -0.2) is 0 Å². The summed E-state index contributed by atoms with van der Waals surface area (Å²) in [5, 5.41) is 23.2. The number of carbonyl (C=O) groups excluding carboxylic acids is 2. The van der Waals surface area contributed by atoms with Gasteiger partial charge >= 0.3 is 5.97 Å². The molecule has 0 aliphatic carbocycles. The van der Waals surface area contributed by atoms with Gasteiger partial charge in [0.2, 0.25) is 5.91 Å². The summed E-state index contributed by atoms with van der Waals surface area (Å²) < 4.78 is 5.46. The summed E-state index contributed by atoms with van der Waals surface area (Å²) in [6, 6.07) is -0.542. The molecule has 3 N–H and O–H groups in total. The minimum Gasteiger partial charge on any atom is -0.466 e. The van der Waals surface area contributed by atoms with Gasteiger partial charge in [0, 0.05) is 12.8 Å². The summed E-state index contributed by atoms with van der Waals surface area (Å²) >= 11 is 0. The van der Waals surface area contributed by atoms with Crippen LogP contribution >= 0.6 is 0 Å². The molecule has 0 aliphatic heterocycles. The molecule has 0 aromatic carbocycles. The van der Waals surface area contributed by atoms with E-state index in [4.69, 9.17) is 4.74 Å². The highest BCUT2D eigenvalue weighted by Gasteiger charge is 2.20. The lowest BCUT2D eigenvalue weighted by Gasteiger charge is -2.22. The number of carbonyl (C=O) groups is 2. The van der Waals surface area contributed by atoms with E-state index >= 15 is 0 Å². The SMILES string of the molecule is CCCC/C=C\CCCCCCCC(=O)OCCCCCCCCCCCCCC/C=C\CCCCCCCCCCCCC(=O)NC(CO)C(O)CCCCCCCCCCCCCCC. The first kappa shape index (κ1) is 65.3. The number of esters is 1. The third-order valence-corrected chi connectivity index (χ3v) is 14.0. The third kappa shape index (κ3) is 53.5. The lowest BCUT2D eigenvalue weighted by Crippen LogP contribution is -2.45. The molecule has 396 valence electrons. The summed E-state index contributed by atoms with van der Waals surface area (Å²) in [6.07, 6.45) is 69.0. The van der Waals surface area contributed by atoms with Crippen LogP contribution in [0.25, 0.3) is 0 Å². The van der Waals surface area contributed by atoms with Crippen molar-refractivity contribution in [3.05, 3.63) is 24.3 Å². The molecule has 67 heavy (non-hydrogen) atoms. The van der Waals surface area contributed by atoms with E-state index in [-0.39, 0.29) is 18.5 Å². The zero-order valence-electron chi connectivity index (χ0n) is 45.1. The predicted octanol–water partition coefficient (Wildman–Crippen LogP) is 18.6. The van der Waals surface area contributed by atoms with Crippen LogP contribution in [0.5, 0.6) is 0 Å². The molecule has 0 aromatic heterocycles. The molecule has 0 heterocycles. The zero-order chi connectivity index (χ0) is 48.6. The third-order valence-electron chi connectivity index (χ3n) is 14.0. The Hall–Kier alpha value is -1.66. The normalized spacial score (nSPS) is 12.7. The highest BCUT2D eigenvalue weighted by Crippen LogP contribution is 2.17. The molecule has 2 atom stereocenters. The number of allylic oxidation sites excluding steroid dienone is 4. The monoisotopic (exact) mass is 944 g/mol. The molecule has 1 amide bonds. The fraction of sp³-hybridized carbons (Fsp3) is 0.902. The molecule has 6 nitrogen and oxygen atoms in total. The van der Waals surface area contributed by atoms with Gasteiger partial charge in [-0.05, 0) is 70.6 Å². The van der Waals surface area contributed by atoms with Crippen molar-refractivity contribution < 1.29 is 24.5 Å². The number of unbranched alkanes of at least 4 members (excludes halogenated alkanes) is 41. The van der Waals surface area contributed by atoms with E-state index in [2.05, 4.69) is 43.5 Å². The topological polar surface area (TPSA) is 95.9 Å². The number of amides is 1. The Labute approximate surface area is 418 Å². The van der Waals surface area contributed by atoms with Gasteiger partial charge in [0.1, 0.15) is 0 Å². The number of aliphatic hydroxyl groups excluding tert-OH is 2. The molecule has 0 aromatic rings. The minimum atomic E-state index is -0.664. The van der Waals surface area contributed by atoms with Gasteiger partial charge in [0.15, 0.2) is 0 Å². The number of hydrogen-bond acceptors (Lipinski definition) is 5. The average Bonchev–Trinajstić information content (AvgIpc) is 3.33. The van der Waals surface area contributed by atoms with Gasteiger partial charge in [0.25, 0.3) is 0 Å². The number of rotatable bonds is 56. The van der Waals surface area contributed by atoms with Gasteiger partial charge in [0.05, 0.1) is 25.4 Å². The predicted molar refractivity (Wildman–Crippen MR) is 292 cm³/mol. The van der Waals surface area contributed by atoms with E-state index in [1.54, 1.807) is 0 Å². The van der Waals surface area contributed by atoms with Crippen LogP contribution in [0, 0.1) is 0 Å². The maximum absolute atomic E-state index is 12.5. The van der Waals surface area contributed by atoms with Gasteiger partial charge in [-0.1, -0.05) is 269 Å². The zero-order valence-corrected chi connectivity index (χ0v) is 45.1. The Kier molecular flexibility index (Phi) is 55.5. The first-order chi connectivity index (χ1) is 33.0. The number of nitrogens with one attached hydrogen (secondary N) is 1. The molecule has 0 saturated heterocycles. The number of ether oxygens (including phenoxy) is 1. The quantitative estimate of drug-likeness (QED) is 0.0321. The smallest absolute Gasteiger partial charge is 0.305 e. The summed E-state index contributed by atoms with van der Waals surface area (Å²) in [5.74, 6) is -0.0327. The van der Waals surface area contributed by atoms with Crippen LogP contribution in [-0.4, -0.2) is 47.4 Å². The molecule has 0 fully saturated rings. The Morgan fingerprint density at radius 3 is 1.10 bits per heavy atom. The Bertz CT molecular complexity index is 1040. The largest absolute Gasteiger partial charge is 0.466 e. The minimum absolute atomic E-state index is 0.00326. The van der Waals surface area contributed by atoms with E-state index in [9.17, 15) is 19.8 Å². The fourth-order valence-corrected chi connectivity index (χ4v) is 9.32. The van der Waals surface area contributed by atoms with Crippen LogP contribution in [0.4, 0.5) is 0 Å². The molecule has 0 spiro atoms. The molecule has 0 aliphatic rings. The molecule has 0 radical (unpaired) electrons. The molecular formula is C61H117NO5. The number of aliphatic hydroxyl groups is 2. The molecule has 6 heteroatoms. The second-order valence-corrected chi connectivity index (χ2v) is 20.7. The van der Waals surface area contributed by atoms with Crippen molar-refractivity contribution in [2.75, 3.05) is 13.2 Å². The maximum Gasteiger partial charge on any atom is 0.305 e. The lowest BCUT2D eigenvalue weighted by molar-refractivity contribution is -0.143. The standard InChI is InChI=1S/C61H117NO5/c1-3-5-7-9-11-13-15-30-34-37-41-45-49-53-59(64)58(57-63)62-60(65)54-50-46-42-38-35-31-28-26-24-22-20-18-16-17-19-21-23-25-27-29-32-36-40-44-48-52-56-67-61(66)55-51-47-43-39-33-14-12-10-8-6-4-2/h10,12,16,18,58-59,63-64H,3-9,11,13-15,17,19-57H2,1-2H3,(H,62,65)/b12-10-,18-16-. The van der Waals surface area contributed by atoms with E-state index < -0.39 is 12.1 Å². The van der Waals surface area contributed by atoms with E-state index in [1.807, 2.05) is 0 Å². The van der Waals surface area contributed by atoms with Crippen molar-refractivity contribution in [2.45, 2.75) is 341 Å². The van der Waals surface area contributed by atoms with Crippen molar-refractivity contribution in [1.29, 1.82) is 0 Å². The maximum atomic E-state index is 12.5. The molecule has 0 saturated carbocycles. The van der Waals surface area contributed by atoms with Crippen molar-refractivity contribution in [2.24, 2.45) is 0 Å². The van der Waals surface area contributed by atoms with Crippen molar-refractivity contribution in [3.63, 3.8) is 0 Å². The van der Waals surface area contributed by atoms with Crippen LogP contribution < -0.4 is 5.32 Å². The Morgan fingerprint density at radius 2 is 0.716 bits per heavy atom. The van der Waals surface area contributed by atoms with Gasteiger partial charge in [-0.2, -0.15) is 0 Å². The molecule has 2 unspecified atom stereocenters. The highest BCUT2D eigenvalue weighted by atomic mass is 16.5. The van der Waals surface area contributed by atoms with Crippen LogP contribution in [0.3, 0.4) is 0 Å². The fourth-order valence-electron chi connectivity index (χ4n) is 9.32. The summed E-state index contributed by atoms with van der Waals surface area (Å²) in [7, 11) is 0. The Morgan fingerprint density at radius 1 is 0.403 bits per heavy atom. The highest BCUT2D eigenvalue weighted by molar-refractivity contribution is 5.76. The summed E-state index contributed by atoms with van der Waals surface area (Å²) in [5.41, 5.74) is 0. The second kappa shape index (κ2) is 56.9. The van der Waals surface area contributed by atoms with Crippen molar-refractivity contribution in [3.8, 4) is 0 Å². The van der Waals surface area contributed by atoms with Crippen LogP contribution in [0.1, 0.15) is 328 Å². The van der Waals surface area contributed by atoms with Crippen molar-refractivity contribution >= 4 is 11.9 Å². The summed E-state index contributed by atoms with van der Waals surface area (Å²) in [4.78, 5) is 24.4. The second-order valence-electron chi connectivity index (χ2n) is 20.7.